The molecule has 0 saturated carbocycles. The topological polar surface area (TPSA) is 81.8 Å². The number of aromatic nitrogens is 4. The van der Waals surface area contributed by atoms with Gasteiger partial charge in [0.05, 0.1) is 11.9 Å². The molecule has 30 heavy (non-hydrogen) atoms. The Morgan fingerprint density at radius 3 is 2.60 bits per heavy atom. The van der Waals surface area contributed by atoms with Gasteiger partial charge in [0, 0.05) is 31.1 Å². The zero-order chi connectivity index (χ0) is 20.9. The Labute approximate surface area is 171 Å². The van der Waals surface area contributed by atoms with Crippen LogP contribution < -0.4 is 10.9 Å². The van der Waals surface area contributed by atoms with Gasteiger partial charge in [-0.2, -0.15) is 10.2 Å². The number of nitrogens with one attached hydrogen (secondary N) is 1. The maximum absolute atomic E-state index is 12.9. The number of benzene rings is 2. The number of carbonyl (C=O) groups excluding carboxylic acids is 1. The summed E-state index contributed by atoms with van der Waals surface area (Å²) in [5.41, 5.74) is 1.74. The lowest BCUT2D eigenvalue weighted by Crippen LogP contribution is -2.25. The molecule has 0 radical (unpaired) electrons. The first-order valence-corrected chi connectivity index (χ1v) is 9.62. The normalized spacial score (nSPS) is 11.0. The highest BCUT2D eigenvalue weighted by Gasteiger charge is 2.10. The van der Waals surface area contributed by atoms with E-state index < -0.39 is 0 Å². The molecule has 0 bridgehead atoms. The molecule has 0 aliphatic rings. The molecule has 0 aliphatic heterocycles. The lowest BCUT2D eigenvalue weighted by Gasteiger charge is -2.06. The fourth-order valence-electron chi connectivity index (χ4n) is 3.11. The van der Waals surface area contributed by atoms with Crippen LogP contribution in [-0.4, -0.2) is 25.5 Å². The Morgan fingerprint density at radius 1 is 1.07 bits per heavy atom. The number of para-hydroxylation sites is 1. The summed E-state index contributed by atoms with van der Waals surface area (Å²) < 4.78 is 15.9. The summed E-state index contributed by atoms with van der Waals surface area (Å²) in [7, 11) is 0. The monoisotopic (exact) mass is 405 g/mol. The molecular weight excluding hydrogens is 385 g/mol. The molecule has 0 aliphatic carbocycles. The van der Waals surface area contributed by atoms with Gasteiger partial charge in [-0.05, 0) is 36.2 Å². The molecule has 1 N–H and O–H groups in total. The first kappa shape index (κ1) is 19.5. The van der Waals surface area contributed by atoms with E-state index in [1.807, 2.05) is 30.3 Å². The highest BCUT2D eigenvalue weighted by molar-refractivity contribution is 5.76. The van der Waals surface area contributed by atoms with Crippen LogP contribution in [0.3, 0.4) is 0 Å². The van der Waals surface area contributed by atoms with Crippen LogP contribution in [0.2, 0.25) is 0 Å². The van der Waals surface area contributed by atoms with Crippen molar-refractivity contribution in [2.45, 2.75) is 25.9 Å². The average molecular weight is 405 g/mol. The van der Waals surface area contributed by atoms with E-state index in [0.29, 0.717) is 30.4 Å². The van der Waals surface area contributed by atoms with Crippen molar-refractivity contribution in [1.29, 1.82) is 0 Å². The molecule has 152 valence electrons. The first-order chi connectivity index (χ1) is 14.6. The second-order valence-electron chi connectivity index (χ2n) is 6.89. The van der Waals surface area contributed by atoms with Crippen LogP contribution in [0, 0.1) is 5.82 Å². The molecular formula is C22H20FN5O2. The van der Waals surface area contributed by atoms with E-state index in [0.717, 1.165) is 11.3 Å². The smallest absolute Gasteiger partial charge is 0.295 e. The summed E-state index contributed by atoms with van der Waals surface area (Å²) in [4.78, 5) is 24.7. The van der Waals surface area contributed by atoms with Gasteiger partial charge in [0.2, 0.25) is 5.91 Å². The van der Waals surface area contributed by atoms with E-state index in [1.165, 1.54) is 16.8 Å². The van der Waals surface area contributed by atoms with Crippen molar-refractivity contribution in [2.24, 2.45) is 0 Å². The fourth-order valence-corrected chi connectivity index (χ4v) is 3.11. The van der Waals surface area contributed by atoms with Crippen molar-refractivity contribution in [3.63, 3.8) is 0 Å². The minimum absolute atomic E-state index is 0.137. The van der Waals surface area contributed by atoms with Gasteiger partial charge in [-0.15, -0.1) is 0 Å². The second kappa shape index (κ2) is 8.69. The predicted octanol–water partition coefficient (Wildman–Crippen LogP) is 2.82. The molecule has 8 heteroatoms. The number of nitrogens with zero attached hydrogens (tertiary/aromatic N) is 4. The van der Waals surface area contributed by atoms with E-state index >= 15 is 0 Å². The van der Waals surface area contributed by atoms with Gasteiger partial charge < -0.3 is 5.32 Å². The third kappa shape index (κ3) is 4.43. The first-order valence-electron chi connectivity index (χ1n) is 9.62. The lowest BCUT2D eigenvalue weighted by atomic mass is 10.2. The van der Waals surface area contributed by atoms with Gasteiger partial charge in [0.1, 0.15) is 5.82 Å². The zero-order valence-electron chi connectivity index (χ0n) is 16.2. The number of halogens is 1. The van der Waals surface area contributed by atoms with Crippen LogP contribution in [-0.2, 0) is 17.9 Å². The van der Waals surface area contributed by atoms with E-state index in [1.54, 1.807) is 29.2 Å². The quantitative estimate of drug-likeness (QED) is 0.513. The van der Waals surface area contributed by atoms with Gasteiger partial charge in [-0.3, -0.25) is 9.59 Å². The largest absolute Gasteiger partial charge is 0.352 e. The number of amides is 1. The molecule has 0 fully saturated rings. The number of hydrogen-bond donors (Lipinski definition) is 1. The van der Waals surface area contributed by atoms with E-state index in [-0.39, 0.29) is 23.7 Å². The van der Waals surface area contributed by atoms with Crippen molar-refractivity contribution < 1.29 is 9.18 Å². The van der Waals surface area contributed by atoms with Crippen LogP contribution in [0.15, 0.2) is 71.8 Å². The van der Waals surface area contributed by atoms with Crippen molar-refractivity contribution >= 4 is 16.8 Å². The maximum Gasteiger partial charge on any atom is 0.295 e. The Kier molecular flexibility index (Phi) is 5.65. The number of fused-ring (bicyclic) bond motifs is 1. The third-order valence-electron chi connectivity index (χ3n) is 4.71. The second-order valence-corrected chi connectivity index (χ2v) is 6.89. The van der Waals surface area contributed by atoms with Crippen LogP contribution in [0.1, 0.15) is 18.4 Å². The molecule has 1 amide bonds. The summed E-state index contributed by atoms with van der Waals surface area (Å²) >= 11 is 0. The van der Waals surface area contributed by atoms with Crippen molar-refractivity contribution in [3.8, 4) is 5.69 Å². The van der Waals surface area contributed by atoms with E-state index in [2.05, 4.69) is 15.5 Å². The van der Waals surface area contributed by atoms with Gasteiger partial charge in [0.15, 0.2) is 5.52 Å². The molecule has 0 unspecified atom stereocenters. The molecule has 2 aromatic carbocycles. The molecule has 0 saturated heterocycles. The SMILES string of the molecule is O=C(CCCn1ncc2cn(-c3ccccc3)nc2c1=O)NCc1ccc(F)cc1. The van der Waals surface area contributed by atoms with Crippen molar-refractivity contribution in [3.05, 3.63) is 88.7 Å². The zero-order valence-corrected chi connectivity index (χ0v) is 16.2. The average Bonchev–Trinajstić information content (AvgIpc) is 3.21. The molecule has 0 spiro atoms. The molecule has 2 aromatic heterocycles. The Morgan fingerprint density at radius 2 is 1.83 bits per heavy atom. The van der Waals surface area contributed by atoms with Crippen LogP contribution >= 0.6 is 0 Å². The summed E-state index contributed by atoms with van der Waals surface area (Å²) in [6.45, 7) is 0.650. The third-order valence-corrected chi connectivity index (χ3v) is 4.71. The summed E-state index contributed by atoms with van der Waals surface area (Å²) in [5.74, 6) is -0.449. The van der Waals surface area contributed by atoms with Gasteiger partial charge in [0.25, 0.3) is 5.56 Å². The lowest BCUT2D eigenvalue weighted by molar-refractivity contribution is -0.121. The highest BCUT2D eigenvalue weighted by Crippen LogP contribution is 2.12. The molecule has 4 aromatic rings. The summed E-state index contributed by atoms with van der Waals surface area (Å²) in [6, 6.07) is 15.5. The predicted molar refractivity (Wildman–Crippen MR) is 111 cm³/mol. The molecule has 0 atom stereocenters. The van der Waals surface area contributed by atoms with Crippen molar-refractivity contribution in [2.75, 3.05) is 0 Å². The molecule has 4 rings (SSSR count). The number of hydrogen-bond acceptors (Lipinski definition) is 4. The highest BCUT2D eigenvalue weighted by atomic mass is 19.1. The van der Waals surface area contributed by atoms with Crippen LogP contribution in [0.4, 0.5) is 4.39 Å². The van der Waals surface area contributed by atoms with E-state index in [9.17, 15) is 14.0 Å². The number of aryl methyl sites for hydroxylation is 1. The summed E-state index contributed by atoms with van der Waals surface area (Å²) in [5, 5.41) is 12.0. The Balaban J connectivity index is 1.36. The van der Waals surface area contributed by atoms with Gasteiger partial charge >= 0.3 is 0 Å². The van der Waals surface area contributed by atoms with Crippen LogP contribution in [0.5, 0.6) is 0 Å². The Bertz CT molecular complexity index is 1220. The van der Waals surface area contributed by atoms with Crippen LogP contribution in [0.25, 0.3) is 16.6 Å². The summed E-state index contributed by atoms with van der Waals surface area (Å²) in [6.07, 6.45) is 4.10. The fraction of sp³-hybridized carbons (Fsp3) is 0.182. The standard InChI is InChI=1S/C22H20FN5O2/c23-18-10-8-16(9-11-18)13-24-20(29)7-4-12-27-22(30)21-17(14-25-27)15-28(26-21)19-5-2-1-3-6-19/h1-3,5-6,8-11,14-15H,4,7,12-13H2,(H,24,29). The van der Waals surface area contributed by atoms with Gasteiger partial charge in [-0.1, -0.05) is 30.3 Å². The van der Waals surface area contributed by atoms with Crippen molar-refractivity contribution in [1.82, 2.24) is 24.9 Å². The van der Waals surface area contributed by atoms with E-state index in [4.69, 9.17) is 0 Å². The minimum Gasteiger partial charge on any atom is -0.352 e. The molecule has 7 nitrogen and oxygen atoms in total. The number of rotatable bonds is 7. The minimum atomic E-state index is -0.311. The number of carbonyl (C=O) groups is 1. The maximum atomic E-state index is 12.9. The molecule has 2 heterocycles. The van der Waals surface area contributed by atoms with Gasteiger partial charge in [-0.25, -0.2) is 13.8 Å². The Hall–Kier alpha value is -3.81.